The van der Waals surface area contributed by atoms with Crippen LogP contribution in [0.2, 0.25) is 0 Å². The first-order valence-electron chi connectivity index (χ1n) is 7.36. The maximum absolute atomic E-state index is 3.63. The van der Waals surface area contributed by atoms with Crippen LogP contribution in [0.4, 0.5) is 0 Å². The Labute approximate surface area is 108 Å². The van der Waals surface area contributed by atoms with Crippen LogP contribution >= 0.6 is 0 Å². The lowest BCUT2D eigenvalue weighted by Crippen LogP contribution is -2.45. The molecule has 0 aromatic carbocycles. The van der Waals surface area contributed by atoms with Crippen molar-refractivity contribution in [3.63, 3.8) is 0 Å². The highest BCUT2D eigenvalue weighted by Gasteiger charge is 2.31. The molecule has 1 saturated heterocycles. The second-order valence-electron chi connectivity index (χ2n) is 6.77. The summed E-state index contributed by atoms with van der Waals surface area (Å²) in [6.45, 7) is 18.9. The molecular weight excluding hydrogens is 208 g/mol. The minimum absolute atomic E-state index is 0.709. The predicted molar refractivity (Wildman–Crippen MR) is 76.2 cm³/mol. The number of rotatable bonds is 6. The number of hydrogen-bond acceptors (Lipinski definition) is 2. The maximum atomic E-state index is 3.63. The van der Waals surface area contributed by atoms with E-state index >= 15 is 0 Å². The Hall–Kier alpha value is -0.0800. The summed E-state index contributed by atoms with van der Waals surface area (Å²) in [5.41, 5.74) is 0. The molecule has 0 amide bonds. The van der Waals surface area contributed by atoms with Gasteiger partial charge in [-0.2, -0.15) is 0 Å². The van der Waals surface area contributed by atoms with Crippen molar-refractivity contribution in [1.82, 2.24) is 10.2 Å². The van der Waals surface area contributed by atoms with E-state index in [4.69, 9.17) is 0 Å². The van der Waals surface area contributed by atoms with Crippen LogP contribution in [0, 0.1) is 23.7 Å². The highest BCUT2D eigenvalue weighted by molar-refractivity contribution is 4.86. The third-order valence-electron chi connectivity index (χ3n) is 4.16. The molecule has 0 saturated carbocycles. The minimum atomic E-state index is 0.709. The second kappa shape index (κ2) is 6.75. The van der Waals surface area contributed by atoms with E-state index in [1.165, 1.54) is 13.1 Å². The third kappa shape index (κ3) is 4.59. The van der Waals surface area contributed by atoms with Crippen LogP contribution in [0.5, 0.6) is 0 Å². The van der Waals surface area contributed by atoms with Gasteiger partial charge in [0.15, 0.2) is 0 Å². The first kappa shape index (κ1) is 15.0. The Bertz CT molecular complexity index is 203. The number of likely N-dealkylation sites (tertiary alicyclic amines) is 1. The summed E-state index contributed by atoms with van der Waals surface area (Å²) in [7, 11) is 0. The highest BCUT2D eigenvalue weighted by Crippen LogP contribution is 2.26. The molecular formula is C15H32N2. The molecule has 2 heteroatoms. The monoisotopic (exact) mass is 240 g/mol. The molecule has 1 N–H and O–H groups in total. The van der Waals surface area contributed by atoms with Crippen LogP contribution < -0.4 is 5.32 Å². The van der Waals surface area contributed by atoms with Gasteiger partial charge in [-0.25, -0.2) is 0 Å². The summed E-state index contributed by atoms with van der Waals surface area (Å²) >= 11 is 0. The molecule has 0 spiro atoms. The van der Waals surface area contributed by atoms with Crippen molar-refractivity contribution < 1.29 is 0 Å². The molecule has 0 radical (unpaired) electrons. The van der Waals surface area contributed by atoms with Crippen molar-refractivity contribution in [2.45, 2.75) is 47.6 Å². The zero-order valence-electron chi connectivity index (χ0n) is 12.7. The van der Waals surface area contributed by atoms with Crippen molar-refractivity contribution in [2.24, 2.45) is 23.7 Å². The lowest BCUT2D eigenvalue weighted by atomic mass is 10.0. The van der Waals surface area contributed by atoms with Crippen LogP contribution in [0.3, 0.4) is 0 Å². The van der Waals surface area contributed by atoms with Crippen molar-refractivity contribution >= 4 is 0 Å². The molecule has 1 heterocycles. The summed E-state index contributed by atoms with van der Waals surface area (Å²) in [5.74, 6) is 3.22. The molecule has 1 aliphatic heterocycles. The molecule has 0 aromatic rings. The average Bonchev–Trinajstić information content (AvgIpc) is 2.53. The number of nitrogens with zero attached hydrogens (tertiary/aromatic N) is 1. The van der Waals surface area contributed by atoms with Crippen molar-refractivity contribution in [2.75, 3.05) is 26.2 Å². The van der Waals surface area contributed by atoms with E-state index in [9.17, 15) is 0 Å². The summed E-state index contributed by atoms with van der Waals surface area (Å²) in [6.07, 6.45) is 0. The molecule has 1 rings (SSSR count). The minimum Gasteiger partial charge on any atom is -0.315 e. The van der Waals surface area contributed by atoms with Crippen molar-refractivity contribution in [3.8, 4) is 0 Å². The van der Waals surface area contributed by atoms with E-state index < -0.39 is 0 Å². The fourth-order valence-corrected chi connectivity index (χ4v) is 2.75. The summed E-state index contributed by atoms with van der Waals surface area (Å²) in [4.78, 5) is 2.70. The molecule has 1 aliphatic rings. The fourth-order valence-electron chi connectivity index (χ4n) is 2.75. The highest BCUT2D eigenvalue weighted by atomic mass is 15.2. The first-order valence-corrected chi connectivity index (χ1v) is 7.36. The summed E-state index contributed by atoms with van der Waals surface area (Å²) < 4.78 is 0. The number of nitrogens with one attached hydrogen (secondary N) is 1. The molecule has 102 valence electrons. The average molecular weight is 240 g/mol. The Morgan fingerprint density at radius 2 is 1.53 bits per heavy atom. The van der Waals surface area contributed by atoms with Gasteiger partial charge in [0.2, 0.25) is 0 Å². The van der Waals surface area contributed by atoms with Gasteiger partial charge in [0.05, 0.1) is 0 Å². The van der Waals surface area contributed by atoms with Gasteiger partial charge in [0.25, 0.3) is 0 Å². The van der Waals surface area contributed by atoms with Gasteiger partial charge in [-0.05, 0) is 30.2 Å². The van der Waals surface area contributed by atoms with Crippen LogP contribution in [0.25, 0.3) is 0 Å². The van der Waals surface area contributed by atoms with Crippen LogP contribution in [-0.4, -0.2) is 37.1 Å². The normalized spacial score (nSPS) is 28.2. The smallest absolute Gasteiger partial charge is 0.0243 e. The van der Waals surface area contributed by atoms with Gasteiger partial charge < -0.3 is 5.32 Å². The molecule has 0 bridgehead atoms. The van der Waals surface area contributed by atoms with Gasteiger partial charge in [0, 0.05) is 25.7 Å². The summed E-state index contributed by atoms with van der Waals surface area (Å²) in [5, 5.41) is 3.63. The van der Waals surface area contributed by atoms with E-state index in [1.807, 2.05) is 0 Å². The molecule has 2 nitrogen and oxygen atoms in total. The van der Waals surface area contributed by atoms with Crippen molar-refractivity contribution in [3.05, 3.63) is 0 Å². The Morgan fingerprint density at radius 3 is 1.94 bits per heavy atom. The van der Waals surface area contributed by atoms with Crippen molar-refractivity contribution in [1.29, 1.82) is 0 Å². The Kier molecular flexibility index (Phi) is 5.94. The summed E-state index contributed by atoms with van der Waals surface area (Å²) in [6, 6.07) is 0.709. The zero-order valence-corrected chi connectivity index (χ0v) is 12.7. The Balaban J connectivity index is 2.43. The quantitative estimate of drug-likeness (QED) is 0.768. The fraction of sp³-hybridized carbons (Fsp3) is 1.00. The largest absolute Gasteiger partial charge is 0.315 e. The Morgan fingerprint density at radius 1 is 1.00 bits per heavy atom. The van der Waals surface area contributed by atoms with Gasteiger partial charge in [-0.15, -0.1) is 0 Å². The molecule has 3 unspecified atom stereocenters. The van der Waals surface area contributed by atoms with E-state index in [0.717, 1.165) is 36.8 Å². The van der Waals surface area contributed by atoms with Gasteiger partial charge >= 0.3 is 0 Å². The second-order valence-corrected chi connectivity index (χ2v) is 6.77. The van der Waals surface area contributed by atoms with Crippen LogP contribution in [0.15, 0.2) is 0 Å². The SMILES string of the molecule is CC(C)CNCC(C(C)C)N1CC(C)C(C)C1. The third-order valence-corrected chi connectivity index (χ3v) is 4.16. The van der Waals surface area contributed by atoms with E-state index in [0.29, 0.717) is 6.04 Å². The lowest BCUT2D eigenvalue weighted by Gasteiger charge is -2.31. The zero-order chi connectivity index (χ0) is 13.0. The predicted octanol–water partition coefficient (Wildman–Crippen LogP) is 2.84. The standard InChI is InChI=1S/C15H32N2/c1-11(2)7-16-8-15(12(3)4)17-9-13(5)14(6)10-17/h11-16H,7-10H2,1-6H3. The lowest BCUT2D eigenvalue weighted by molar-refractivity contribution is 0.177. The number of hydrogen-bond donors (Lipinski definition) is 1. The van der Waals surface area contributed by atoms with Gasteiger partial charge in [0.1, 0.15) is 0 Å². The topological polar surface area (TPSA) is 15.3 Å². The van der Waals surface area contributed by atoms with Crippen LogP contribution in [-0.2, 0) is 0 Å². The molecule has 17 heavy (non-hydrogen) atoms. The van der Waals surface area contributed by atoms with Crippen LogP contribution in [0.1, 0.15) is 41.5 Å². The van der Waals surface area contributed by atoms with E-state index in [2.05, 4.69) is 51.8 Å². The molecule has 0 aliphatic carbocycles. The van der Waals surface area contributed by atoms with Gasteiger partial charge in [-0.1, -0.05) is 41.5 Å². The maximum Gasteiger partial charge on any atom is 0.0243 e. The molecule has 1 fully saturated rings. The van der Waals surface area contributed by atoms with E-state index in [1.54, 1.807) is 0 Å². The van der Waals surface area contributed by atoms with Gasteiger partial charge in [-0.3, -0.25) is 4.90 Å². The molecule has 0 aromatic heterocycles. The molecule has 3 atom stereocenters. The van der Waals surface area contributed by atoms with E-state index in [-0.39, 0.29) is 0 Å². The first-order chi connectivity index (χ1) is 7.91.